The molecule has 0 radical (unpaired) electrons. The lowest BCUT2D eigenvalue weighted by Gasteiger charge is -2.32. The quantitative estimate of drug-likeness (QED) is 0.516. The van der Waals surface area contributed by atoms with Gasteiger partial charge >= 0.3 is 0 Å². The van der Waals surface area contributed by atoms with Gasteiger partial charge in [-0.25, -0.2) is 27.2 Å². The molecule has 1 aliphatic heterocycles. The third-order valence-corrected chi connectivity index (χ3v) is 7.08. The predicted octanol–water partition coefficient (Wildman–Crippen LogP) is 3.98. The second kappa shape index (κ2) is 9.98. The van der Waals surface area contributed by atoms with E-state index < -0.39 is 26.6 Å². The first kappa shape index (κ1) is 23.3. The van der Waals surface area contributed by atoms with Gasteiger partial charge in [0.25, 0.3) is 10.0 Å². The van der Waals surface area contributed by atoms with E-state index in [1.165, 1.54) is 12.3 Å². The number of nitrogens with zero attached hydrogens (tertiary/aromatic N) is 2. The van der Waals surface area contributed by atoms with E-state index >= 15 is 0 Å². The molecule has 0 unspecified atom stereocenters. The fourth-order valence-corrected chi connectivity index (χ4v) is 5.02. The Balaban J connectivity index is 1.49. The van der Waals surface area contributed by atoms with Crippen LogP contribution in [0.4, 0.5) is 14.6 Å². The van der Waals surface area contributed by atoms with Gasteiger partial charge in [0, 0.05) is 35.8 Å². The van der Waals surface area contributed by atoms with Crippen LogP contribution >= 0.6 is 11.6 Å². The molecule has 0 bridgehead atoms. The smallest absolute Gasteiger partial charge is 0.266 e. The number of hydrogen-bond donors (Lipinski definition) is 2. The molecule has 2 aromatic carbocycles. The maximum Gasteiger partial charge on any atom is 0.266 e. The summed E-state index contributed by atoms with van der Waals surface area (Å²) in [4.78, 5) is 6.55. The number of halogens is 3. The van der Waals surface area contributed by atoms with Crippen molar-refractivity contribution in [2.75, 3.05) is 24.4 Å². The zero-order valence-corrected chi connectivity index (χ0v) is 18.9. The molecule has 0 amide bonds. The van der Waals surface area contributed by atoms with Crippen molar-refractivity contribution in [1.29, 1.82) is 0 Å². The van der Waals surface area contributed by atoms with E-state index in [-0.39, 0.29) is 30.0 Å². The fourth-order valence-electron chi connectivity index (χ4n) is 3.81. The first-order valence-electron chi connectivity index (χ1n) is 10.2. The van der Waals surface area contributed by atoms with Crippen LogP contribution in [0, 0.1) is 17.6 Å². The van der Waals surface area contributed by atoms with Gasteiger partial charge in [0.15, 0.2) is 11.6 Å². The molecule has 0 aliphatic carbocycles. The Hall–Kier alpha value is -2.82. The number of aromatic nitrogens is 2. The Labute approximate surface area is 195 Å². The molecule has 4 rings (SSSR count). The van der Waals surface area contributed by atoms with Gasteiger partial charge in [-0.3, -0.25) is 4.72 Å². The monoisotopic (exact) mass is 494 g/mol. The van der Waals surface area contributed by atoms with Crippen molar-refractivity contribution in [2.45, 2.75) is 17.2 Å². The van der Waals surface area contributed by atoms with Crippen molar-refractivity contribution in [2.24, 2.45) is 5.92 Å². The Morgan fingerprint density at radius 3 is 2.67 bits per heavy atom. The van der Waals surface area contributed by atoms with E-state index in [1.54, 1.807) is 0 Å². The highest BCUT2D eigenvalue weighted by Gasteiger charge is 2.28. The highest BCUT2D eigenvalue weighted by molar-refractivity contribution is 7.92. The van der Waals surface area contributed by atoms with Crippen LogP contribution in [-0.4, -0.2) is 38.1 Å². The van der Waals surface area contributed by atoms with Gasteiger partial charge in [-0.15, -0.1) is 0 Å². The van der Waals surface area contributed by atoms with Crippen molar-refractivity contribution in [1.82, 2.24) is 15.3 Å². The van der Waals surface area contributed by atoms with Gasteiger partial charge in [-0.1, -0.05) is 23.7 Å². The van der Waals surface area contributed by atoms with Crippen LogP contribution in [0.2, 0.25) is 5.02 Å². The summed E-state index contributed by atoms with van der Waals surface area (Å²) < 4.78 is 62.0. The van der Waals surface area contributed by atoms with E-state index in [0.29, 0.717) is 17.6 Å². The van der Waals surface area contributed by atoms with Crippen LogP contribution in [0.5, 0.6) is 5.75 Å². The number of rotatable bonds is 7. The van der Waals surface area contributed by atoms with E-state index in [1.807, 2.05) is 24.3 Å². The zero-order valence-electron chi connectivity index (χ0n) is 17.3. The number of benzene rings is 2. The molecule has 1 saturated heterocycles. The summed E-state index contributed by atoms with van der Waals surface area (Å²) in [5.74, 6) is -2.37. The van der Waals surface area contributed by atoms with Crippen molar-refractivity contribution >= 4 is 27.4 Å². The van der Waals surface area contributed by atoms with E-state index in [9.17, 15) is 17.2 Å². The average molecular weight is 495 g/mol. The van der Waals surface area contributed by atoms with Gasteiger partial charge in [-0.05, 0) is 42.6 Å². The number of ether oxygens (including phenoxy) is 1. The molecular formula is C22H21ClF2N4O3S. The van der Waals surface area contributed by atoms with E-state index in [0.717, 1.165) is 30.9 Å². The minimum Gasteiger partial charge on any atom is -0.490 e. The molecule has 1 aromatic heterocycles. The molecule has 1 aliphatic rings. The highest BCUT2D eigenvalue weighted by atomic mass is 35.5. The topological polar surface area (TPSA) is 93.2 Å². The Kier molecular flexibility index (Phi) is 7.06. The van der Waals surface area contributed by atoms with Gasteiger partial charge in [0.1, 0.15) is 22.9 Å². The molecule has 0 saturated carbocycles. The standard InChI is InChI=1S/C22H21ClF2N4O3S/c23-16-3-1-14(2-4-16)17-5-7-26-11-15(17)12-32-20-9-19(25)21(10-18(20)24)33(30,31)29-22-6-8-27-13-28-22/h1-4,6,8-10,13,15,17,26H,5,7,11-12H2,(H,27,28,29)/t15-,17-/m1/s1. The van der Waals surface area contributed by atoms with E-state index in [4.69, 9.17) is 16.3 Å². The first-order valence-corrected chi connectivity index (χ1v) is 12.1. The van der Waals surface area contributed by atoms with Crippen molar-refractivity contribution in [3.63, 3.8) is 0 Å². The molecule has 174 valence electrons. The Morgan fingerprint density at radius 1 is 1.15 bits per heavy atom. The summed E-state index contributed by atoms with van der Waals surface area (Å²) >= 11 is 5.98. The van der Waals surface area contributed by atoms with E-state index in [2.05, 4.69) is 20.0 Å². The highest BCUT2D eigenvalue weighted by Crippen LogP contribution is 2.33. The first-order chi connectivity index (χ1) is 15.8. The van der Waals surface area contributed by atoms with Gasteiger partial charge in [-0.2, -0.15) is 0 Å². The lowest BCUT2D eigenvalue weighted by molar-refractivity contribution is 0.190. The molecule has 2 N–H and O–H groups in total. The molecule has 2 atom stereocenters. The molecule has 1 fully saturated rings. The predicted molar refractivity (Wildman–Crippen MR) is 120 cm³/mol. The summed E-state index contributed by atoms with van der Waals surface area (Å²) in [5.41, 5.74) is 1.10. The fraction of sp³-hybridized carbons (Fsp3) is 0.273. The summed E-state index contributed by atoms with van der Waals surface area (Å²) in [5, 5.41) is 3.93. The Bertz CT molecular complexity index is 1210. The van der Waals surface area contributed by atoms with Crippen molar-refractivity contribution in [3.8, 4) is 5.75 Å². The second-order valence-electron chi connectivity index (χ2n) is 7.64. The SMILES string of the molecule is O=S(=O)(Nc1ccncn1)c1cc(F)c(OC[C@H]2CNCC[C@@H]2c2ccc(Cl)cc2)cc1F. The van der Waals surface area contributed by atoms with Crippen molar-refractivity contribution < 1.29 is 21.9 Å². The van der Waals surface area contributed by atoms with Crippen LogP contribution in [-0.2, 0) is 10.0 Å². The molecule has 33 heavy (non-hydrogen) atoms. The van der Waals surface area contributed by atoms with Gasteiger partial charge in [0.2, 0.25) is 0 Å². The largest absolute Gasteiger partial charge is 0.490 e. The summed E-state index contributed by atoms with van der Waals surface area (Å²) in [6.07, 6.45) is 3.30. The molecule has 2 heterocycles. The van der Waals surface area contributed by atoms with Crippen LogP contribution in [0.1, 0.15) is 17.9 Å². The number of anilines is 1. The number of nitrogens with one attached hydrogen (secondary N) is 2. The lowest BCUT2D eigenvalue weighted by Crippen LogP contribution is -2.38. The summed E-state index contributed by atoms with van der Waals surface area (Å²) in [6, 6.07) is 10.2. The van der Waals surface area contributed by atoms with Crippen LogP contribution in [0.3, 0.4) is 0 Å². The van der Waals surface area contributed by atoms with Crippen molar-refractivity contribution in [3.05, 3.63) is 77.2 Å². The number of sulfonamides is 1. The van der Waals surface area contributed by atoms with Gasteiger partial charge in [0.05, 0.1) is 6.61 Å². The number of hydrogen-bond acceptors (Lipinski definition) is 6. The van der Waals surface area contributed by atoms with Crippen LogP contribution in [0.25, 0.3) is 0 Å². The second-order valence-corrected chi connectivity index (χ2v) is 9.72. The molecule has 0 spiro atoms. The minimum atomic E-state index is -4.40. The maximum atomic E-state index is 14.7. The summed E-state index contributed by atoms with van der Waals surface area (Å²) in [6.45, 7) is 1.60. The molecular weight excluding hydrogens is 474 g/mol. The Morgan fingerprint density at radius 2 is 1.94 bits per heavy atom. The van der Waals surface area contributed by atoms with Gasteiger partial charge < -0.3 is 10.1 Å². The lowest BCUT2D eigenvalue weighted by atomic mass is 9.81. The average Bonchev–Trinajstić information content (AvgIpc) is 2.80. The van der Waals surface area contributed by atoms with Crippen LogP contribution in [0.15, 0.2) is 59.9 Å². The molecule has 3 aromatic rings. The summed E-state index contributed by atoms with van der Waals surface area (Å²) in [7, 11) is -4.40. The molecule has 7 nitrogen and oxygen atoms in total. The van der Waals surface area contributed by atoms with Crippen LogP contribution < -0.4 is 14.8 Å². The molecule has 11 heteroatoms. The zero-order chi connectivity index (χ0) is 23.4. The minimum absolute atomic E-state index is 0.00484. The third-order valence-electron chi connectivity index (χ3n) is 5.46. The third kappa shape index (κ3) is 5.58. The number of piperidine rings is 1. The normalized spacial score (nSPS) is 18.6. The maximum absolute atomic E-state index is 14.7.